The Morgan fingerprint density at radius 2 is 2.27 bits per heavy atom. The molecule has 2 atom stereocenters. The number of morpholine rings is 1. The van der Waals surface area contributed by atoms with E-state index in [1.807, 2.05) is 13.8 Å². The summed E-state index contributed by atoms with van der Waals surface area (Å²) in [6.07, 6.45) is 0.610. The molecule has 0 aromatic heterocycles. The van der Waals surface area contributed by atoms with Crippen molar-refractivity contribution in [2.75, 3.05) is 18.9 Å². The largest absolute Gasteiger partial charge is 0.375 e. The van der Waals surface area contributed by atoms with Crippen molar-refractivity contribution in [3.8, 4) is 6.07 Å². The molecule has 0 aromatic carbocycles. The summed E-state index contributed by atoms with van der Waals surface area (Å²) in [5.41, 5.74) is 0. The molecule has 0 aromatic rings. The van der Waals surface area contributed by atoms with Crippen LogP contribution in [0.4, 0.5) is 0 Å². The third-order valence-electron chi connectivity index (χ3n) is 2.49. The van der Waals surface area contributed by atoms with Crippen molar-refractivity contribution in [1.29, 1.82) is 5.26 Å². The van der Waals surface area contributed by atoms with Gasteiger partial charge in [-0.05, 0) is 13.3 Å². The molecule has 1 aliphatic rings. The van der Waals surface area contributed by atoms with Crippen LogP contribution in [0.25, 0.3) is 0 Å². The second kappa shape index (κ2) is 4.92. The zero-order chi connectivity index (χ0) is 11.5. The van der Waals surface area contributed by atoms with Gasteiger partial charge >= 0.3 is 0 Å². The molecule has 1 saturated heterocycles. The highest BCUT2D eigenvalue weighted by atomic mass is 32.2. The van der Waals surface area contributed by atoms with Crippen LogP contribution in [0.15, 0.2) is 0 Å². The Bertz CT molecular complexity index is 347. The molecule has 2 unspecified atom stereocenters. The minimum atomic E-state index is -3.44. The van der Waals surface area contributed by atoms with Crippen molar-refractivity contribution in [2.24, 2.45) is 0 Å². The number of sulfonamides is 1. The van der Waals surface area contributed by atoms with Gasteiger partial charge in [-0.25, -0.2) is 8.42 Å². The molecule has 1 aliphatic heterocycles. The molecule has 1 fully saturated rings. The summed E-state index contributed by atoms with van der Waals surface area (Å²) < 4.78 is 30.3. The van der Waals surface area contributed by atoms with Crippen molar-refractivity contribution in [1.82, 2.24) is 4.31 Å². The maximum atomic E-state index is 11.7. The van der Waals surface area contributed by atoms with Crippen LogP contribution in [0.1, 0.15) is 20.3 Å². The molecule has 86 valence electrons. The standard InChI is InChI=1S/C9H16N2O3S/c1-3-9-7-14-8(2)6-11(9)15(12,13)5-4-10/h8-9H,3,5-7H2,1-2H3. The Kier molecular flexibility index (Phi) is 4.08. The molecule has 0 bridgehead atoms. The predicted molar refractivity (Wildman–Crippen MR) is 55.6 cm³/mol. The molecule has 15 heavy (non-hydrogen) atoms. The Morgan fingerprint density at radius 3 is 2.80 bits per heavy atom. The van der Waals surface area contributed by atoms with E-state index >= 15 is 0 Å². The second-order valence-electron chi connectivity index (χ2n) is 3.69. The van der Waals surface area contributed by atoms with Crippen LogP contribution in [0.5, 0.6) is 0 Å². The molecule has 0 amide bonds. The number of nitriles is 1. The summed E-state index contributed by atoms with van der Waals surface area (Å²) in [5.74, 6) is -0.448. The first kappa shape index (κ1) is 12.4. The molecule has 0 radical (unpaired) electrons. The van der Waals surface area contributed by atoms with E-state index in [9.17, 15) is 8.42 Å². The Morgan fingerprint density at radius 1 is 1.60 bits per heavy atom. The number of hydrogen-bond acceptors (Lipinski definition) is 4. The summed E-state index contributed by atoms with van der Waals surface area (Å²) in [4.78, 5) is 0. The van der Waals surface area contributed by atoms with Gasteiger partial charge in [-0.3, -0.25) is 0 Å². The van der Waals surface area contributed by atoms with E-state index in [1.54, 1.807) is 6.07 Å². The van der Waals surface area contributed by atoms with E-state index in [0.717, 1.165) is 0 Å². The van der Waals surface area contributed by atoms with Crippen molar-refractivity contribution in [2.45, 2.75) is 32.4 Å². The SMILES string of the molecule is CCC1COC(C)CN1S(=O)(=O)CC#N. The van der Waals surface area contributed by atoms with Gasteiger partial charge in [0.2, 0.25) is 10.0 Å². The Hall–Kier alpha value is -0.640. The molecule has 1 rings (SSSR count). The minimum absolute atomic E-state index is 0.0960. The number of hydrogen-bond donors (Lipinski definition) is 0. The van der Waals surface area contributed by atoms with Crippen LogP contribution in [0, 0.1) is 11.3 Å². The topological polar surface area (TPSA) is 70.4 Å². The van der Waals surface area contributed by atoms with Crippen molar-refractivity contribution < 1.29 is 13.2 Å². The lowest BCUT2D eigenvalue weighted by molar-refractivity contribution is -0.0229. The Balaban J connectivity index is 2.84. The molecule has 5 nitrogen and oxygen atoms in total. The zero-order valence-corrected chi connectivity index (χ0v) is 9.83. The van der Waals surface area contributed by atoms with Crippen molar-refractivity contribution >= 4 is 10.0 Å². The van der Waals surface area contributed by atoms with Gasteiger partial charge in [0.15, 0.2) is 5.75 Å². The van der Waals surface area contributed by atoms with Crippen LogP contribution in [-0.4, -0.2) is 43.8 Å². The van der Waals surface area contributed by atoms with E-state index < -0.39 is 15.8 Å². The highest BCUT2D eigenvalue weighted by molar-refractivity contribution is 7.89. The third kappa shape index (κ3) is 2.91. The molecule has 0 spiro atoms. The number of rotatable bonds is 3. The van der Waals surface area contributed by atoms with Gasteiger partial charge < -0.3 is 4.74 Å². The maximum Gasteiger partial charge on any atom is 0.228 e. The van der Waals surface area contributed by atoms with Gasteiger partial charge in [-0.2, -0.15) is 9.57 Å². The second-order valence-corrected chi connectivity index (χ2v) is 5.61. The van der Waals surface area contributed by atoms with E-state index in [0.29, 0.717) is 19.6 Å². The smallest absolute Gasteiger partial charge is 0.228 e. The van der Waals surface area contributed by atoms with Gasteiger partial charge in [-0.15, -0.1) is 0 Å². The maximum absolute atomic E-state index is 11.7. The van der Waals surface area contributed by atoms with Crippen LogP contribution < -0.4 is 0 Å². The summed E-state index contributed by atoms with van der Waals surface area (Å²) in [6.45, 7) is 4.52. The molecule has 0 aliphatic carbocycles. The van der Waals surface area contributed by atoms with E-state index in [1.165, 1.54) is 4.31 Å². The average Bonchev–Trinajstić information content (AvgIpc) is 2.17. The van der Waals surface area contributed by atoms with Crippen LogP contribution in [-0.2, 0) is 14.8 Å². The summed E-state index contributed by atoms with van der Waals surface area (Å²) >= 11 is 0. The summed E-state index contributed by atoms with van der Waals surface area (Å²) in [5, 5.41) is 8.47. The molecule has 0 saturated carbocycles. The van der Waals surface area contributed by atoms with E-state index in [4.69, 9.17) is 10.00 Å². The minimum Gasteiger partial charge on any atom is -0.375 e. The first-order valence-electron chi connectivity index (χ1n) is 4.99. The highest BCUT2D eigenvalue weighted by Crippen LogP contribution is 2.18. The molecular formula is C9H16N2O3S. The number of nitrogens with zero attached hydrogens (tertiary/aromatic N) is 2. The summed E-state index contributed by atoms with van der Waals surface area (Å²) in [7, 11) is -3.44. The Labute approximate surface area is 90.7 Å². The van der Waals surface area contributed by atoms with Gasteiger partial charge in [0.25, 0.3) is 0 Å². The predicted octanol–water partition coefficient (Wildman–Crippen LogP) is 0.339. The lowest BCUT2D eigenvalue weighted by Gasteiger charge is -2.36. The number of ether oxygens (including phenoxy) is 1. The molecule has 1 heterocycles. The fourth-order valence-corrected chi connectivity index (χ4v) is 3.07. The first-order valence-corrected chi connectivity index (χ1v) is 6.60. The van der Waals surface area contributed by atoms with Gasteiger partial charge in [0, 0.05) is 12.6 Å². The monoisotopic (exact) mass is 232 g/mol. The fourth-order valence-electron chi connectivity index (χ4n) is 1.64. The lowest BCUT2D eigenvalue weighted by atomic mass is 10.2. The van der Waals surface area contributed by atoms with Crippen molar-refractivity contribution in [3.63, 3.8) is 0 Å². The van der Waals surface area contributed by atoms with Crippen LogP contribution >= 0.6 is 0 Å². The average molecular weight is 232 g/mol. The molecular weight excluding hydrogens is 216 g/mol. The zero-order valence-electron chi connectivity index (χ0n) is 9.01. The normalized spacial score (nSPS) is 28.6. The molecule has 0 N–H and O–H groups in total. The van der Waals surface area contributed by atoms with Crippen LogP contribution in [0.3, 0.4) is 0 Å². The van der Waals surface area contributed by atoms with Gasteiger partial charge in [0.1, 0.15) is 0 Å². The first-order chi connectivity index (χ1) is 7.01. The fraction of sp³-hybridized carbons (Fsp3) is 0.889. The highest BCUT2D eigenvalue weighted by Gasteiger charge is 2.34. The van der Waals surface area contributed by atoms with Gasteiger partial charge in [-0.1, -0.05) is 6.92 Å². The third-order valence-corrected chi connectivity index (χ3v) is 4.15. The van der Waals surface area contributed by atoms with Gasteiger partial charge in [0.05, 0.1) is 18.8 Å². The van der Waals surface area contributed by atoms with E-state index in [2.05, 4.69) is 0 Å². The quantitative estimate of drug-likeness (QED) is 0.703. The molecule has 6 heteroatoms. The van der Waals surface area contributed by atoms with Crippen LogP contribution in [0.2, 0.25) is 0 Å². The van der Waals surface area contributed by atoms with Crippen molar-refractivity contribution in [3.05, 3.63) is 0 Å². The lowest BCUT2D eigenvalue weighted by Crippen LogP contribution is -2.51. The summed E-state index contributed by atoms with van der Waals surface area (Å²) in [6, 6.07) is 1.57. The van der Waals surface area contributed by atoms with E-state index in [-0.39, 0.29) is 12.1 Å².